The summed E-state index contributed by atoms with van der Waals surface area (Å²) in [5.41, 5.74) is 0.344. The van der Waals surface area contributed by atoms with Crippen molar-refractivity contribution < 1.29 is 23.1 Å². The van der Waals surface area contributed by atoms with Gasteiger partial charge in [-0.3, -0.25) is 14.9 Å². The molecule has 7 heteroatoms. The second kappa shape index (κ2) is 7.18. The molecule has 1 aromatic heterocycles. The van der Waals surface area contributed by atoms with E-state index in [1.165, 1.54) is 38.3 Å². The predicted molar refractivity (Wildman–Crippen MR) is 92.5 cm³/mol. The van der Waals surface area contributed by atoms with Crippen LogP contribution in [0, 0.1) is 5.82 Å². The third-order valence-corrected chi connectivity index (χ3v) is 3.56. The summed E-state index contributed by atoms with van der Waals surface area (Å²) < 4.78 is 24.8. The highest BCUT2D eigenvalue weighted by Crippen LogP contribution is 2.21. The van der Waals surface area contributed by atoms with Crippen LogP contribution in [0.5, 0.6) is 5.75 Å². The number of nitrogens with zero attached hydrogens (tertiary/aromatic N) is 1. The number of benzene rings is 2. The Morgan fingerprint density at radius 3 is 2.62 bits per heavy atom. The van der Waals surface area contributed by atoms with Crippen LogP contribution < -0.4 is 15.6 Å². The van der Waals surface area contributed by atoms with Crippen LogP contribution in [0.1, 0.15) is 17.3 Å². The van der Waals surface area contributed by atoms with Gasteiger partial charge < -0.3 is 9.15 Å². The number of fused-ring (bicyclic) bond motifs is 1. The van der Waals surface area contributed by atoms with Gasteiger partial charge in [-0.25, -0.2) is 9.38 Å². The molecule has 132 valence electrons. The van der Waals surface area contributed by atoms with E-state index < -0.39 is 17.6 Å². The second-order valence-corrected chi connectivity index (χ2v) is 5.44. The van der Waals surface area contributed by atoms with Crippen LogP contribution in [0.25, 0.3) is 11.0 Å². The van der Waals surface area contributed by atoms with Crippen LogP contribution in [-0.2, 0) is 4.79 Å². The largest absolute Gasteiger partial charge is 0.497 e. The summed E-state index contributed by atoms with van der Waals surface area (Å²) in [6.45, 7) is 1.22. The number of imide groups is 1. The van der Waals surface area contributed by atoms with Gasteiger partial charge >= 0.3 is 0 Å². The Morgan fingerprint density at radius 1 is 1.15 bits per heavy atom. The Hall–Kier alpha value is -3.48. The summed E-state index contributed by atoms with van der Waals surface area (Å²) in [7, 11) is 1.52. The van der Waals surface area contributed by atoms with E-state index in [9.17, 15) is 14.0 Å². The SMILES string of the molecule is COc1ccc2oc(=Nc3ccccc3F)c(C(=O)NC(C)=O)cc2c1. The molecule has 0 spiro atoms. The molecule has 0 atom stereocenters. The minimum absolute atomic E-state index is 0.00389. The van der Waals surface area contributed by atoms with Crippen LogP contribution in [0.2, 0.25) is 0 Å². The van der Waals surface area contributed by atoms with Crippen molar-refractivity contribution in [1.29, 1.82) is 0 Å². The standard InChI is InChI=1S/C19H15FN2O4/c1-11(23)21-18(24)14-10-12-9-13(25-2)7-8-17(12)26-19(14)22-16-6-4-3-5-15(16)20/h3-10H,1-2H3,(H,21,23,24). The van der Waals surface area contributed by atoms with Gasteiger partial charge in [-0.15, -0.1) is 0 Å². The Kier molecular flexibility index (Phi) is 4.79. The first-order valence-electron chi connectivity index (χ1n) is 7.71. The van der Waals surface area contributed by atoms with Crippen LogP contribution >= 0.6 is 0 Å². The number of hydrogen-bond acceptors (Lipinski definition) is 5. The molecule has 3 aromatic rings. The number of rotatable bonds is 3. The molecule has 0 radical (unpaired) electrons. The van der Waals surface area contributed by atoms with Crippen molar-refractivity contribution in [3.8, 4) is 5.75 Å². The van der Waals surface area contributed by atoms with Crippen molar-refractivity contribution in [2.24, 2.45) is 4.99 Å². The minimum atomic E-state index is -0.693. The van der Waals surface area contributed by atoms with E-state index in [0.29, 0.717) is 16.7 Å². The first-order valence-corrected chi connectivity index (χ1v) is 7.71. The van der Waals surface area contributed by atoms with Crippen molar-refractivity contribution in [1.82, 2.24) is 5.32 Å². The van der Waals surface area contributed by atoms with Crippen LogP contribution in [0.3, 0.4) is 0 Å². The average molecular weight is 354 g/mol. The van der Waals surface area contributed by atoms with Crippen molar-refractivity contribution in [3.05, 3.63) is 65.5 Å². The Labute approximate surface area is 147 Å². The number of amides is 2. The minimum Gasteiger partial charge on any atom is -0.497 e. The van der Waals surface area contributed by atoms with Crippen LogP contribution in [0.4, 0.5) is 10.1 Å². The number of hydrogen-bond donors (Lipinski definition) is 1. The first kappa shape index (κ1) is 17.3. The van der Waals surface area contributed by atoms with Gasteiger partial charge in [0, 0.05) is 12.3 Å². The van der Waals surface area contributed by atoms with Gasteiger partial charge in [0.15, 0.2) is 0 Å². The summed E-state index contributed by atoms with van der Waals surface area (Å²) in [4.78, 5) is 27.7. The molecule has 0 unspecified atom stereocenters. The van der Waals surface area contributed by atoms with E-state index in [4.69, 9.17) is 9.15 Å². The monoisotopic (exact) mass is 354 g/mol. The van der Waals surface area contributed by atoms with E-state index >= 15 is 0 Å². The summed E-state index contributed by atoms with van der Waals surface area (Å²) in [5, 5.41) is 2.74. The van der Waals surface area contributed by atoms with E-state index in [1.54, 1.807) is 24.3 Å². The molecule has 3 rings (SSSR count). The van der Waals surface area contributed by atoms with Gasteiger partial charge in [0.05, 0.1) is 7.11 Å². The lowest BCUT2D eigenvalue weighted by molar-refractivity contribution is -0.118. The molecule has 2 amide bonds. The summed E-state index contributed by atoms with van der Waals surface area (Å²) >= 11 is 0. The molecule has 0 saturated carbocycles. The van der Waals surface area contributed by atoms with Gasteiger partial charge in [-0.05, 0) is 36.4 Å². The molecule has 1 N–H and O–H groups in total. The van der Waals surface area contributed by atoms with Gasteiger partial charge in [-0.1, -0.05) is 12.1 Å². The lowest BCUT2D eigenvalue weighted by atomic mass is 10.1. The fourth-order valence-electron chi connectivity index (χ4n) is 2.36. The lowest BCUT2D eigenvalue weighted by Gasteiger charge is -2.06. The highest BCUT2D eigenvalue weighted by atomic mass is 19.1. The summed E-state index contributed by atoms with van der Waals surface area (Å²) in [6.07, 6.45) is 0. The van der Waals surface area contributed by atoms with E-state index in [1.807, 2.05) is 0 Å². The number of carbonyl (C=O) groups is 2. The molecule has 0 aliphatic rings. The third kappa shape index (κ3) is 3.61. The van der Waals surface area contributed by atoms with Gasteiger partial charge in [-0.2, -0.15) is 0 Å². The molecular weight excluding hydrogens is 339 g/mol. The highest BCUT2D eigenvalue weighted by Gasteiger charge is 2.15. The average Bonchev–Trinajstić information content (AvgIpc) is 2.62. The fraction of sp³-hybridized carbons (Fsp3) is 0.105. The van der Waals surface area contributed by atoms with Crippen LogP contribution in [-0.4, -0.2) is 18.9 Å². The molecule has 0 aliphatic carbocycles. The topological polar surface area (TPSA) is 80.9 Å². The lowest BCUT2D eigenvalue weighted by Crippen LogP contribution is -2.32. The zero-order valence-corrected chi connectivity index (χ0v) is 14.1. The number of carbonyl (C=O) groups excluding carboxylic acids is 2. The number of ether oxygens (including phenoxy) is 1. The van der Waals surface area contributed by atoms with Gasteiger partial charge in [0.25, 0.3) is 5.91 Å². The molecular formula is C19H15FN2O4. The van der Waals surface area contributed by atoms with E-state index in [2.05, 4.69) is 10.3 Å². The zero-order chi connectivity index (χ0) is 18.7. The second-order valence-electron chi connectivity index (χ2n) is 5.44. The smallest absolute Gasteiger partial charge is 0.263 e. The maximum Gasteiger partial charge on any atom is 0.263 e. The molecule has 26 heavy (non-hydrogen) atoms. The normalized spacial score (nSPS) is 11.4. The molecule has 0 bridgehead atoms. The Bertz CT molecular complexity index is 1070. The van der Waals surface area contributed by atoms with Crippen molar-refractivity contribution in [2.75, 3.05) is 7.11 Å². The molecule has 1 heterocycles. The van der Waals surface area contributed by atoms with Crippen LogP contribution in [0.15, 0.2) is 57.9 Å². The number of nitrogens with one attached hydrogen (secondary N) is 1. The summed E-state index contributed by atoms with van der Waals surface area (Å²) in [5.74, 6) is -1.21. The molecule has 6 nitrogen and oxygen atoms in total. The van der Waals surface area contributed by atoms with Crippen molar-refractivity contribution in [3.63, 3.8) is 0 Å². The first-order chi connectivity index (χ1) is 12.5. The maximum absolute atomic E-state index is 13.9. The number of methoxy groups -OCH3 is 1. The zero-order valence-electron chi connectivity index (χ0n) is 14.1. The number of halogens is 1. The Morgan fingerprint density at radius 2 is 1.92 bits per heavy atom. The quantitative estimate of drug-likeness (QED) is 0.784. The molecule has 2 aromatic carbocycles. The van der Waals surface area contributed by atoms with E-state index in [0.717, 1.165) is 0 Å². The molecule has 0 saturated heterocycles. The maximum atomic E-state index is 13.9. The van der Waals surface area contributed by atoms with Gasteiger partial charge in [0.1, 0.15) is 28.4 Å². The predicted octanol–water partition coefficient (Wildman–Crippen LogP) is 3.09. The number of para-hydroxylation sites is 1. The van der Waals surface area contributed by atoms with Crippen molar-refractivity contribution in [2.45, 2.75) is 6.92 Å². The fourth-order valence-corrected chi connectivity index (χ4v) is 2.36. The highest BCUT2D eigenvalue weighted by molar-refractivity contribution is 6.05. The van der Waals surface area contributed by atoms with E-state index in [-0.39, 0.29) is 16.8 Å². The Balaban J connectivity index is 2.26. The summed E-state index contributed by atoms with van der Waals surface area (Å²) in [6, 6.07) is 12.4. The van der Waals surface area contributed by atoms with Crippen molar-refractivity contribution >= 4 is 28.5 Å². The molecule has 0 fully saturated rings. The third-order valence-electron chi connectivity index (χ3n) is 3.56. The van der Waals surface area contributed by atoms with Gasteiger partial charge in [0.2, 0.25) is 11.5 Å². The molecule has 0 aliphatic heterocycles.